The Morgan fingerprint density at radius 3 is 2.70 bits per heavy atom. The Morgan fingerprint density at radius 1 is 1.60 bits per heavy atom. The predicted molar refractivity (Wildman–Crippen MR) is 33.7 cm³/mol. The van der Waals surface area contributed by atoms with Crippen LogP contribution in [0, 0.1) is 0 Å². The molecule has 0 saturated carbocycles. The van der Waals surface area contributed by atoms with Gasteiger partial charge in [-0.15, -0.1) is 0 Å². The highest BCUT2D eigenvalue weighted by Gasteiger charge is 2.07. The normalized spacial score (nSPS) is 9.20. The maximum Gasteiger partial charge on any atom is 0.389 e. The number of carbonyl (C=O) groups is 1. The van der Waals surface area contributed by atoms with Crippen molar-refractivity contribution in [2.24, 2.45) is 0 Å². The molecular weight excluding hydrogens is 132 g/mol. The zero-order valence-corrected chi connectivity index (χ0v) is 5.07. The molecule has 0 saturated heterocycles. The first-order chi connectivity index (χ1) is 4.72. The summed E-state index contributed by atoms with van der Waals surface area (Å²) in [5, 5.41) is 10.2. The number of nitrogens with zero attached hydrogens (tertiary/aromatic N) is 1. The Kier molecular flexibility index (Phi) is 1.53. The van der Waals surface area contributed by atoms with Crippen molar-refractivity contribution in [1.29, 1.82) is 0 Å². The number of aromatic nitrogens is 1. The van der Waals surface area contributed by atoms with Gasteiger partial charge in [0.1, 0.15) is 5.56 Å². The van der Waals surface area contributed by atoms with Gasteiger partial charge in [0.15, 0.2) is 0 Å². The lowest BCUT2D eigenvalue weighted by molar-refractivity contribution is 0.0574. The maximum atomic E-state index is 10.2. The van der Waals surface area contributed by atoms with Crippen LogP contribution in [-0.2, 0) is 5.11 Å². The predicted octanol–water partition coefficient (Wildman–Crippen LogP) is 0.235. The standard InChI is InChI=1S/C6H5N2O2/c7-5-1-2-8-3-4(5)6(9)10/h1-3H,(H2,7,8). The van der Waals surface area contributed by atoms with Crippen LogP contribution in [0.4, 0.5) is 5.69 Å². The Balaban J connectivity index is 3.15. The third-order valence-electron chi connectivity index (χ3n) is 1.07. The molecule has 0 unspecified atom stereocenters. The molecule has 0 aliphatic heterocycles. The fourth-order valence-electron chi connectivity index (χ4n) is 0.576. The quantitative estimate of drug-likeness (QED) is 0.602. The van der Waals surface area contributed by atoms with Gasteiger partial charge in [0.2, 0.25) is 0 Å². The zero-order chi connectivity index (χ0) is 7.56. The van der Waals surface area contributed by atoms with Crippen LogP contribution in [0.25, 0.3) is 0 Å². The van der Waals surface area contributed by atoms with Crippen LogP contribution in [0.15, 0.2) is 18.5 Å². The summed E-state index contributed by atoms with van der Waals surface area (Å²) >= 11 is 0. The van der Waals surface area contributed by atoms with E-state index in [1.807, 2.05) is 0 Å². The van der Waals surface area contributed by atoms with Gasteiger partial charge in [-0.2, -0.15) is 0 Å². The molecule has 0 fully saturated rings. The van der Waals surface area contributed by atoms with E-state index in [9.17, 15) is 9.90 Å². The molecule has 1 heterocycles. The van der Waals surface area contributed by atoms with Crippen molar-refractivity contribution < 1.29 is 9.90 Å². The lowest BCUT2D eigenvalue weighted by Gasteiger charge is -1.93. The fraction of sp³-hybridized carbons (Fsp3) is 0. The molecule has 0 amide bonds. The second-order valence-electron chi connectivity index (χ2n) is 1.75. The van der Waals surface area contributed by atoms with Gasteiger partial charge in [0.05, 0.1) is 0 Å². The molecule has 0 atom stereocenters. The summed E-state index contributed by atoms with van der Waals surface area (Å²) < 4.78 is 0. The highest BCUT2D eigenvalue weighted by atomic mass is 16.4. The molecule has 10 heavy (non-hydrogen) atoms. The molecule has 2 N–H and O–H groups in total. The molecule has 1 rings (SSSR count). The van der Waals surface area contributed by atoms with Crippen LogP contribution in [0.5, 0.6) is 0 Å². The second-order valence-corrected chi connectivity index (χ2v) is 1.75. The molecule has 4 nitrogen and oxygen atoms in total. The van der Waals surface area contributed by atoms with Gasteiger partial charge in [-0.05, 0) is 6.07 Å². The lowest BCUT2D eigenvalue weighted by atomic mass is 10.2. The average molecular weight is 137 g/mol. The molecule has 0 spiro atoms. The van der Waals surface area contributed by atoms with Crippen molar-refractivity contribution >= 4 is 11.7 Å². The number of hydrogen-bond donors (Lipinski definition) is 1. The molecule has 0 aliphatic carbocycles. The van der Waals surface area contributed by atoms with E-state index in [1.165, 1.54) is 12.3 Å². The van der Waals surface area contributed by atoms with Crippen molar-refractivity contribution in [2.75, 3.05) is 5.73 Å². The molecule has 1 aromatic heterocycles. The summed E-state index contributed by atoms with van der Waals surface area (Å²) in [5.74, 6) is -1.30. The zero-order valence-electron chi connectivity index (χ0n) is 5.07. The van der Waals surface area contributed by atoms with Crippen molar-refractivity contribution in [1.82, 2.24) is 4.98 Å². The van der Waals surface area contributed by atoms with E-state index >= 15 is 0 Å². The summed E-state index contributed by atoms with van der Waals surface area (Å²) in [5.41, 5.74) is 5.37. The van der Waals surface area contributed by atoms with Crippen LogP contribution in [0.1, 0.15) is 10.4 Å². The van der Waals surface area contributed by atoms with Crippen molar-refractivity contribution in [3.8, 4) is 0 Å². The summed E-state index contributed by atoms with van der Waals surface area (Å²) in [4.78, 5) is 13.8. The SMILES string of the molecule is Nc1ccncc1C([O])=O. The first-order valence-corrected chi connectivity index (χ1v) is 2.62. The minimum absolute atomic E-state index is 0.0671. The number of nitrogens with two attached hydrogens (primary N) is 1. The number of nitrogen functional groups attached to an aromatic ring is 1. The molecule has 0 aromatic carbocycles. The Morgan fingerprint density at radius 2 is 2.30 bits per heavy atom. The number of anilines is 1. The number of hydrogen-bond acceptors (Lipinski definition) is 3. The lowest BCUT2D eigenvalue weighted by Crippen LogP contribution is -2.00. The summed E-state index contributed by atoms with van der Waals surface area (Å²) in [6.45, 7) is 0. The van der Waals surface area contributed by atoms with E-state index in [-0.39, 0.29) is 11.3 Å². The molecule has 51 valence electrons. The highest BCUT2D eigenvalue weighted by Crippen LogP contribution is 2.07. The van der Waals surface area contributed by atoms with E-state index in [4.69, 9.17) is 5.73 Å². The van der Waals surface area contributed by atoms with E-state index in [2.05, 4.69) is 4.98 Å². The van der Waals surface area contributed by atoms with Crippen LogP contribution < -0.4 is 5.73 Å². The molecule has 0 bridgehead atoms. The minimum Gasteiger partial charge on any atom is -0.398 e. The molecule has 1 radical (unpaired) electrons. The Bertz CT molecular complexity index is 260. The van der Waals surface area contributed by atoms with Crippen LogP contribution >= 0.6 is 0 Å². The van der Waals surface area contributed by atoms with Crippen molar-refractivity contribution in [3.63, 3.8) is 0 Å². The summed E-state index contributed by atoms with van der Waals surface area (Å²) in [6, 6.07) is 1.41. The Hall–Kier alpha value is -1.58. The van der Waals surface area contributed by atoms with E-state index in [1.54, 1.807) is 0 Å². The monoisotopic (exact) mass is 137 g/mol. The van der Waals surface area contributed by atoms with E-state index < -0.39 is 5.97 Å². The molecule has 4 heteroatoms. The van der Waals surface area contributed by atoms with E-state index in [0.717, 1.165) is 6.20 Å². The largest absolute Gasteiger partial charge is 0.398 e. The number of rotatable bonds is 1. The van der Waals surface area contributed by atoms with Gasteiger partial charge in [-0.3, -0.25) is 4.98 Å². The third-order valence-corrected chi connectivity index (χ3v) is 1.07. The van der Waals surface area contributed by atoms with Gasteiger partial charge in [-0.25, -0.2) is 9.90 Å². The number of carbonyl (C=O) groups excluding carboxylic acids is 1. The second kappa shape index (κ2) is 2.34. The van der Waals surface area contributed by atoms with Crippen LogP contribution in [0.2, 0.25) is 0 Å². The molecular formula is C6H5N2O2. The first-order valence-electron chi connectivity index (χ1n) is 2.62. The van der Waals surface area contributed by atoms with Crippen molar-refractivity contribution in [3.05, 3.63) is 24.0 Å². The van der Waals surface area contributed by atoms with E-state index in [0.29, 0.717) is 0 Å². The number of pyridine rings is 1. The highest BCUT2D eigenvalue weighted by molar-refractivity contribution is 5.92. The fourth-order valence-corrected chi connectivity index (χ4v) is 0.576. The van der Waals surface area contributed by atoms with Crippen LogP contribution in [0.3, 0.4) is 0 Å². The van der Waals surface area contributed by atoms with Gasteiger partial charge in [-0.1, -0.05) is 0 Å². The van der Waals surface area contributed by atoms with Gasteiger partial charge in [0, 0.05) is 18.1 Å². The topological polar surface area (TPSA) is 75.9 Å². The summed E-state index contributed by atoms with van der Waals surface area (Å²) in [6.07, 6.45) is 2.58. The molecule has 0 aliphatic rings. The maximum absolute atomic E-state index is 10.2. The van der Waals surface area contributed by atoms with Gasteiger partial charge >= 0.3 is 5.97 Å². The van der Waals surface area contributed by atoms with Crippen molar-refractivity contribution in [2.45, 2.75) is 0 Å². The minimum atomic E-state index is -1.30. The van der Waals surface area contributed by atoms with Crippen LogP contribution in [-0.4, -0.2) is 11.0 Å². The summed E-state index contributed by atoms with van der Waals surface area (Å²) in [7, 11) is 0. The van der Waals surface area contributed by atoms with Gasteiger partial charge < -0.3 is 5.73 Å². The first kappa shape index (κ1) is 6.54. The smallest absolute Gasteiger partial charge is 0.389 e. The average Bonchev–Trinajstić information content (AvgIpc) is 1.88. The molecule has 1 aromatic rings. The Labute approximate surface area is 57.3 Å². The van der Waals surface area contributed by atoms with Gasteiger partial charge in [0.25, 0.3) is 0 Å². The third kappa shape index (κ3) is 1.05.